The zero-order valence-electron chi connectivity index (χ0n) is 21.6. The molecule has 0 radical (unpaired) electrons. The summed E-state index contributed by atoms with van der Waals surface area (Å²) in [5.41, 5.74) is 0.892. The van der Waals surface area contributed by atoms with Crippen molar-refractivity contribution >= 4 is 43.5 Å². The van der Waals surface area contributed by atoms with Crippen molar-refractivity contribution in [2.24, 2.45) is 4.99 Å². The zero-order valence-corrected chi connectivity index (χ0v) is 23.2. The van der Waals surface area contributed by atoms with E-state index in [0.29, 0.717) is 35.8 Å². The lowest BCUT2D eigenvalue weighted by Gasteiger charge is -2.20. The van der Waals surface area contributed by atoms with Gasteiger partial charge < -0.3 is 14.0 Å². The molecule has 3 rings (SSSR count). The second kappa shape index (κ2) is 13.0. The van der Waals surface area contributed by atoms with Crippen molar-refractivity contribution in [3.05, 3.63) is 52.8 Å². The molecule has 0 saturated heterocycles. The maximum absolute atomic E-state index is 13.1. The van der Waals surface area contributed by atoms with Gasteiger partial charge >= 0.3 is 5.97 Å². The van der Waals surface area contributed by atoms with E-state index in [2.05, 4.69) is 4.99 Å². The molecule has 0 aliphatic carbocycles. The van der Waals surface area contributed by atoms with Crippen molar-refractivity contribution in [2.45, 2.75) is 52.0 Å². The van der Waals surface area contributed by atoms with E-state index in [1.54, 1.807) is 24.5 Å². The van der Waals surface area contributed by atoms with Crippen molar-refractivity contribution in [1.29, 1.82) is 0 Å². The SMILES string of the molecule is CCCCN(CC)S(=O)(=O)c1ccc(C(=O)N=c2sc3cccc(OCC)c3n2CC(=O)OCC)cc1. The molecule has 0 bridgehead atoms. The van der Waals surface area contributed by atoms with Crippen LogP contribution in [0, 0.1) is 0 Å². The number of rotatable bonds is 12. The van der Waals surface area contributed by atoms with Gasteiger partial charge in [-0.2, -0.15) is 9.30 Å². The minimum Gasteiger partial charge on any atom is -0.492 e. The maximum Gasteiger partial charge on any atom is 0.326 e. The van der Waals surface area contributed by atoms with Gasteiger partial charge in [-0.25, -0.2) is 8.42 Å². The van der Waals surface area contributed by atoms with E-state index in [1.807, 2.05) is 26.0 Å². The molecule has 0 unspecified atom stereocenters. The first kappa shape index (κ1) is 28.5. The Morgan fingerprint density at radius 1 is 1.03 bits per heavy atom. The van der Waals surface area contributed by atoms with Gasteiger partial charge in [-0.1, -0.05) is 37.7 Å². The lowest BCUT2D eigenvalue weighted by molar-refractivity contribution is -0.143. The van der Waals surface area contributed by atoms with Gasteiger partial charge in [0.15, 0.2) is 4.80 Å². The quantitative estimate of drug-likeness (QED) is 0.314. The first-order valence-electron chi connectivity index (χ1n) is 12.4. The average Bonchev–Trinajstić information content (AvgIpc) is 3.22. The number of benzene rings is 2. The summed E-state index contributed by atoms with van der Waals surface area (Å²) < 4.78 is 40.7. The lowest BCUT2D eigenvalue weighted by atomic mass is 10.2. The first-order chi connectivity index (χ1) is 17.8. The van der Waals surface area contributed by atoms with Crippen LogP contribution in [0.1, 0.15) is 50.9 Å². The third-order valence-electron chi connectivity index (χ3n) is 5.61. The Hall–Kier alpha value is -3.02. The summed E-state index contributed by atoms with van der Waals surface area (Å²) in [6, 6.07) is 11.3. The number of sulfonamides is 1. The summed E-state index contributed by atoms with van der Waals surface area (Å²) in [7, 11) is -3.65. The van der Waals surface area contributed by atoms with E-state index >= 15 is 0 Å². The van der Waals surface area contributed by atoms with E-state index in [-0.39, 0.29) is 23.6 Å². The Kier molecular flexibility index (Phi) is 10.0. The van der Waals surface area contributed by atoms with Crippen LogP contribution in [0.4, 0.5) is 0 Å². The summed E-state index contributed by atoms with van der Waals surface area (Å²) in [5, 5.41) is 0. The monoisotopic (exact) mass is 547 g/mol. The number of unbranched alkanes of at least 4 members (excludes halogenated alkanes) is 1. The molecule has 0 N–H and O–H groups in total. The molecule has 9 nitrogen and oxygen atoms in total. The van der Waals surface area contributed by atoms with Crippen LogP contribution >= 0.6 is 11.3 Å². The Morgan fingerprint density at radius 2 is 1.76 bits per heavy atom. The minimum absolute atomic E-state index is 0.127. The number of amides is 1. The smallest absolute Gasteiger partial charge is 0.326 e. The molecule has 0 aliphatic rings. The fourth-order valence-electron chi connectivity index (χ4n) is 3.79. The molecule has 0 saturated carbocycles. The Bertz CT molecular complexity index is 1410. The molecule has 200 valence electrons. The van der Waals surface area contributed by atoms with Gasteiger partial charge in [0.25, 0.3) is 5.91 Å². The lowest BCUT2D eigenvalue weighted by Crippen LogP contribution is -2.31. The number of carbonyl (C=O) groups excluding carboxylic acids is 2. The number of thiazole rings is 1. The van der Waals surface area contributed by atoms with Gasteiger partial charge in [-0.15, -0.1) is 0 Å². The Morgan fingerprint density at radius 3 is 2.38 bits per heavy atom. The Labute approximate surface area is 221 Å². The molecular formula is C26H33N3O6S2. The Balaban J connectivity index is 2.00. The molecule has 11 heteroatoms. The van der Waals surface area contributed by atoms with Crippen LogP contribution in [0.25, 0.3) is 10.2 Å². The fraction of sp³-hybridized carbons (Fsp3) is 0.423. The number of carbonyl (C=O) groups is 2. The van der Waals surface area contributed by atoms with Crippen LogP contribution < -0.4 is 9.54 Å². The van der Waals surface area contributed by atoms with E-state index in [1.165, 1.54) is 39.9 Å². The molecule has 0 atom stereocenters. The topological polar surface area (TPSA) is 107 Å². The standard InChI is InChI=1S/C26H33N3O6S2/c1-5-9-17-28(6-2)37(32,33)20-15-13-19(14-16-20)25(31)27-26-29(18-23(30)35-8-4)24-21(34-7-3)11-10-12-22(24)36-26/h10-16H,5-9,17-18H2,1-4H3. The van der Waals surface area contributed by atoms with Crippen LogP contribution in [0.5, 0.6) is 5.75 Å². The minimum atomic E-state index is -3.65. The van der Waals surface area contributed by atoms with Gasteiger partial charge in [0.1, 0.15) is 17.8 Å². The molecule has 3 aromatic rings. The van der Waals surface area contributed by atoms with Gasteiger partial charge in [-0.3, -0.25) is 9.59 Å². The number of hydrogen-bond acceptors (Lipinski definition) is 7. The molecule has 1 aromatic heterocycles. The van der Waals surface area contributed by atoms with Gasteiger partial charge in [0, 0.05) is 18.7 Å². The van der Waals surface area contributed by atoms with E-state index in [4.69, 9.17) is 9.47 Å². The summed E-state index contributed by atoms with van der Waals surface area (Å²) in [6.45, 7) is 8.75. The number of aromatic nitrogens is 1. The predicted molar refractivity (Wildman–Crippen MR) is 143 cm³/mol. The molecule has 0 fully saturated rings. The summed E-state index contributed by atoms with van der Waals surface area (Å²) in [4.78, 5) is 30.1. The summed E-state index contributed by atoms with van der Waals surface area (Å²) >= 11 is 1.25. The second-order valence-electron chi connectivity index (χ2n) is 8.10. The predicted octanol–water partition coefficient (Wildman–Crippen LogP) is 4.22. The molecule has 37 heavy (non-hydrogen) atoms. The molecule has 1 heterocycles. The number of hydrogen-bond donors (Lipinski definition) is 0. The van der Waals surface area contributed by atoms with Crippen molar-refractivity contribution in [3.63, 3.8) is 0 Å². The molecule has 2 aromatic carbocycles. The highest BCUT2D eigenvalue weighted by atomic mass is 32.2. The van der Waals surface area contributed by atoms with Crippen LogP contribution in [0.2, 0.25) is 0 Å². The highest BCUT2D eigenvalue weighted by molar-refractivity contribution is 7.89. The third-order valence-corrected chi connectivity index (χ3v) is 8.64. The van der Waals surface area contributed by atoms with Crippen LogP contribution in [0.3, 0.4) is 0 Å². The molecule has 1 amide bonds. The number of para-hydroxylation sites is 1. The number of nitrogens with zero attached hydrogens (tertiary/aromatic N) is 3. The van der Waals surface area contributed by atoms with E-state index in [0.717, 1.165) is 17.5 Å². The summed E-state index contributed by atoms with van der Waals surface area (Å²) in [5.74, 6) is -0.433. The maximum atomic E-state index is 13.1. The average molecular weight is 548 g/mol. The normalized spacial score (nSPS) is 12.3. The van der Waals surface area contributed by atoms with Gasteiger partial charge in [-0.05, 0) is 56.7 Å². The number of ether oxygens (including phenoxy) is 2. The number of fused-ring (bicyclic) bond motifs is 1. The van der Waals surface area contributed by atoms with Crippen LogP contribution in [0.15, 0.2) is 52.4 Å². The van der Waals surface area contributed by atoms with Gasteiger partial charge in [0.2, 0.25) is 10.0 Å². The van der Waals surface area contributed by atoms with Crippen LogP contribution in [-0.4, -0.2) is 55.5 Å². The fourth-order valence-corrected chi connectivity index (χ4v) is 6.32. The van der Waals surface area contributed by atoms with Crippen molar-refractivity contribution < 1.29 is 27.5 Å². The largest absolute Gasteiger partial charge is 0.492 e. The summed E-state index contributed by atoms with van der Waals surface area (Å²) in [6.07, 6.45) is 1.66. The van der Waals surface area contributed by atoms with Crippen LogP contribution in [-0.2, 0) is 26.1 Å². The zero-order chi connectivity index (χ0) is 27.0. The van der Waals surface area contributed by atoms with Crippen molar-refractivity contribution in [1.82, 2.24) is 8.87 Å². The van der Waals surface area contributed by atoms with E-state index < -0.39 is 21.9 Å². The van der Waals surface area contributed by atoms with Crippen molar-refractivity contribution in [2.75, 3.05) is 26.3 Å². The number of esters is 1. The third kappa shape index (κ3) is 6.65. The molecule has 0 spiro atoms. The highest BCUT2D eigenvalue weighted by Gasteiger charge is 2.23. The first-order valence-corrected chi connectivity index (χ1v) is 14.6. The van der Waals surface area contributed by atoms with Crippen molar-refractivity contribution in [3.8, 4) is 5.75 Å². The molecule has 0 aliphatic heterocycles. The van der Waals surface area contributed by atoms with E-state index in [9.17, 15) is 18.0 Å². The van der Waals surface area contributed by atoms with Gasteiger partial charge in [0.05, 0.1) is 22.8 Å². The molecular weight excluding hydrogens is 514 g/mol. The second-order valence-corrected chi connectivity index (χ2v) is 11.1. The highest BCUT2D eigenvalue weighted by Crippen LogP contribution is 2.28.